The summed E-state index contributed by atoms with van der Waals surface area (Å²) in [5.74, 6) is 1.31. The van der Waals surface area contributed by atoms with Crippen molar-refractivity contribution in [3.8, 4) is 0 Å². The Morgan fingerprint density at radius 2 is 1.89 bits per heavy atom. The van der Waals surface area contributed by atoms with Gasteiger partial charge >= 0.3 is 0 Å². The molecule has 1 aliphatic heterocycles. The summed E-state index contributed by atoms with van der Waals surface area (Å²) >= 11 is 1.42. The van der Waals surface area contributed by atoms with Crippen LogP contribution in [-0.4, -0.2) is 54.1 Å². The van der Waals surface area contributed by atoms with Gasteiger partial charge in [0.25, 0.3) is 0 Å². The number of rotatable bonds is 7. The van der Waals surface area contributed by atoms with E-state index < -0.39 is 0 Å². The van der Waals surface area contributed by atoms with Crippen molar-refractivity contribution in [1.82, 2.24) is 15.5 Å². The lowest BCUT2D eigenvalue weighted by atomic mass is 10.2. The Bertz CT molecular complexity index is 775. The molecule has 6 nitrogen and oxygen atoms in total. The van der Waals surface area contributed by atoms with E-state index in [4.69, 9.17) is 0 Å². The van der Waals surface area contributed by atoms with Crippen molar-refractivity contribution < 1.29 is 4.79 Å². The van der Waals surface area contributed by atoms with Crippen LogP contribution in [0.1, 0.15) is 25.8 Å². The number of piperazine rings is 1. The summed E-state index contributed by atoms with van der Waals surface area (Å²) in [5, 5.41) is 12.4. The molecule has 2 aromatic rings. The topological polar surface area (TPSA) is 61.4 Å². The quantitative estimate of drug-likeness (QED) is 0.722. The van der Waals surface area contributed by atoms with E-state index in [0.717, 1.165) is 43.4 Å². The van der Waals surface area contributed by atoms with Gasteiger partial charge in [0.2, 0.25) is 5.91 Å². The minimum Gasteiger partial charge on any atom is -0.368 e. The monoisotopic (exact) mass is 399 g/mol. The molecule has 150 valence electrons. The van der Waals surface area contributed by atoms with E-state index in [1.165, 1.54) is 23.0 Å². The lowest BCUT2D eigenvalue weighted by Gasteiger charge is -2.36. The molecule has 0 saturated carbocycles. The van der Waals surface area contributed by atoms with Crippen LogP contribution < -0.4 is 15.1 Å². The Morgan fingerprint density at radius 3 is 2.54 bits per heavy atom. The second kappa shape index (κ2) is 9.78. The van der Waals surface area contributed by atoms with Crippen LogP contribution in [0.2, 0.25) is 0 Å². The molecule has 1 fully saturated rings. The van der Waals surface area contributed by atoms with Crippen LogP contribution in [0.4, 0.5) is 11.5 Å². The summed E-state index contributed by atoms with van der Waals surface area (Å²) in [6, 6.07) is 12.8. The maximum atomic E-state index is 11.9. The summed E-state index contributed by atoms with van der Waals surface area (Å²) in [6.45, 7) is 9.98. The maximum absolute atomic E-state index is 11.9. The number of aryl methyl sites for hydroxylation is 1. The third-order valence-corrected chi connectivity index (χ3v) is 5.89. The maximum Gasteiger partial charge on any atom is 0.230 e. The molecule has 1 amide bonds. The van der Waals surface area contributed by atoms with Gasteiger partial charge < -0.3 is 15.1 Å². The Balaban J connectivity index is 1.48. The highest BCUT2D eigenvalue weighted by atomic mass is 32.2. The molecule has 1 N–H and O–H groups in total. The number of nitrogens with zero attached hydrogens (tertiary/aromatic N) is 4. The molecule has 28 heavy (non-hydrogen) atoms. The molecule has 0 radical (unpaired) electrons. The van der Waals surface area contributed by atoms with Crippen LogP contribution in [-0.2, 0) is 4.79 Å². The summed E-state index contributed by atoms with van der Waals surface area (Å²) in [7, 11) is 0. The number of carbonyl (C=O) groups is 1. The smallest absolute Gasteiger partial charge is 0.230 e. The van der Waals surface area contributed by atoms with Gasteiger partial charge in [-0.1, -0.05) is 30.8 Å². The summed E-state index contributed by atoms with van der Waals surface area (Å²) in [5.41, 5.74) is 2.57. The number of amides is 1. The van der Waals surface area contributed by atoms with Crippen LogP contribution in [0.15, 0.2) is 41.4 Å². The summed E-state index contributed by atoms with van der Waals surface area (Å²) in [4.78, 5) is 16.6. The van der Waals surface area contributed by atoms with Gasteiger partial charge in [-0.25, -0.2) is 0 Å². The number of hydrogen-bond donors (Lipinski definition) is 1. The molecule has 0 unspecified atom stereocenters. The molecular weight excluding hydrogens is 370 g/mol. The highest BCUT2D eigenvalue weighted by Gasteiger charge is 2.19. The first-order chi connectivity index (χ1) is 13.5. The van der Waals surface area contributed by atoms with Crippen molar-refractivity contribution in [2.24, 2.45) is 0 Å². The highest BCUT2D eigenvalue weighted by Crippen LogP contribution is 2.21. The summed E-state index contributed by atoms with van der Waals surface area (Å²) in [6.07, 6.45) is 0.933. The Kier molecular flexibility index (Phi) is 7.14. The fourth-order valence-electron chi connectivity index (χ4n) is 3.14. The number of benzene rings is 1. The zero-order valence-electron chi connectivity index (χ0n) is 16.9. The van der Waals surface area contributed by atoms with Crippen LogP contribution in [0.5, 0.6) is 0 Å². The number of nitrogens with one attached hydrogen (secondary N) is 1. The molecule has 1 aromatic carbocycles. The first-order valence-corrected chi connectivity index (χ1v) is 10.9. The predicted octanol–water partition coefficient (Wildman–Crippen LogP) is 3.12. The van der Waals surface area contributed by atoms with E-state index in [-0.39, 0.29) is 11.9 Å². The zero-order valence-corrected chi connectivity index (χ0v) is 17.7. The molecule has 1 aromatic heterocycles. The third kappa shape index (κ3) is 5.61. The van der Waals surface area contributed by atoms with Gasteiger partial charge in [-0.2, -0.15) is 0 Å². The van der Waals surface area contributed by atoms with Crippen molar-refractivity contribution in [2.45, 2.75) is 38.3 Å². The largest absolute Gasteiger partial charge is 0.368 e. The van der Waals surface area contributed by atoms with Gasteiger partial charge in [-0.15, -0.1) is 10.2 Å². The average molecular weight is 400 g/mol. The van der Waals surface area contributed by atoms with Crippen LogP contribution in [0, 0.1) is 6.92 Å². The fourth-order valence-corrected chi connectivity index (χ4v) is 3.76. The van der Waals surface area contributed by atoms with Gasteiger partial charge in [-0.05, 0) is 50.1 Å². The summed E-state index contributed by atoms with van der Waals surface area (Å²) < 4.78 is 0. The van der Waals surface area contributed by atoms with E-state index in [1.54, 1.807) is 0 Å². The van der Waals surface area contributed by atoms with Gasteiger partial charge in [0.15, 0.2) is 5.82 Å². The van der Waals surface area contributed by atoms with Crippen molar-refractivity contribution in [2.75, 3.05) is 41.7 Å². The highest BCUT2D eigenvalue weighted by molar-refractivity contribution is 7.99. The van der Waals surface area contributed by atoms with Crippen molar-refractivity contribution in [1.29, 1.82) is 0 Å². The Morgan fingerprint density at radius 1 is 1.14 bits per heavy atom. The van der Waals surface area contributed by atoms with E-state index >= 15 is 0 Å². The second-order valence-electron chi connectivity index (χ2n) is 7.21. The second-order valence-corrected chi connectivity index (χ2v) is 8.20. The molecule has 1 atom stereocenters. The fraction of sp³-hybridized carbons (Fsp3) is 0.476. The van der Waals surface area contributed by atoms with Crippen molar-refractivity contribution in [3.63, 3.8) is 0 Å². The number of carbonyl (C=O) groups excluding carboxylic acids is 1. The number of thioether (sulfide) groups is 1. The van der Waals surface area contributed by atoms with Gasteiger partial charge in [0.1, 0.15) is 5.03 Å². The Labute approximate surface area is 171 Å². The zero-order chi connectivity index (χ0) is 19.9. The van der Waals surface area contributed by atoms with Crippen LogP contribution in [0.3, 0.4) is 0 Å². The minimum atomic E-state index is 0.0393. The van der Waals surface area contributed by atoms with E-state index in [1.807, 2.05) is 19.1 Å². The van der Waals surface area contributed by atoms with Gasteiger partial charge in [0, 0.05) is 37.9 Å². The molecule has 0 aliphatic carbocycles. The lowest BCUT2D eigenvalue weighted by molar-refractivity contribution is -0.119. The molecule has 2 heterocycles. The SMILES string of the molecule is CC[C@@H](C)NC(=O)CSc1ccc(N2CCN(c3cccc(C)c3)CC2)nn1. The molecule has 7 heteroatoms. The molecule has 0 bridgehead atoms. The standard InChI is InChI=1S/C21H29N5OS/c1-4-17(3)22-20(27)15-28-21-9-8-19(23-24-21)26-12-10-25(11-13-26)18-7-5-6-16(2)14-18/h5-9,14,17H,4,10-13,15H2,1-3H3,(H,22,27)/t17-/m1/s1. The third-order valence-electron chi connectivity index (χ3n) is 4.97. The molecule has 0 spiro atoms. The van der Waals surface area contributed by atoms with E-state index in [0.29, 0.717) is 5.75 Å². The predicted molar refractivity (Wildman–Crippen MR) is 116 cm³/mol. The molecule has 3 rings (SSSR count). The van der Waals surface area contributed by atoms with E-state index in [2.05, 4.69) is 63.4 Å². The molecular formula is C21H29N5OS. The number of hydrogen-bond acceptors (Lipinski definition) is 6. The van der Waals surface area contributed by atoms with Crippen LogP contribution >= 0.6 is 11.8 Å². The lowest BCUT2D eigenvalue weighted by Crippen LogP contribution is -2.46. The van der Waals surface area contributed by atoms with Crippen molar-refractivity contribution in [3.05, 3.63) is 42.0 Å². The van der Waals surface area contributed by atoms with E-state index in [9.17, 15) is 4.79 Å². The van der Waals surface area contributed by atoms with Crippen molar-refractivity contribution >= 4 is 29.2 Å². The molecule has 1 aliphatic rings. The number of anilines is 2. The minimum absolute atomic E-state index is 0.0393. The Hall–Kier alpha value is -2.28. The van der Waals surface area contributed by atoms with Gasteiger partial charge in [-0.3, -0.25) is 4.79 Å². The average Bonchev–Trinajstić information content (AvgIpc) is 2.72. The normalized spacial score (nSPS) is 15.4. The van der Waals surface area contributed by atoms with Crippen LogP contribution in [0.25, 0.3) is 0 Å². The number of aromatic nitrogens is 2. The molecule has 1 saturated heterocycles. The first-order valence-electron chi connectivity index (χ1n) is 9.87. The van der Waals surface area contributed by atoms with Gasteiger partial charge in [0.05, 0.1) is 5.75 Å². The first kappa shape index (κ1) is 20.5.